The van der Waals surface area contributed by atoms with Gasteiger partial charge in [-0.1, -0.05) is 0 Å². The molecule has 0 bridgehead atoms. The van der Waals surface area contributed by atoms with Crippen LogP contribution in [0.2, 0.25) is 18.5 Å². The number of hydrogen-bond donors (Lipinski definition) is 0. The third-order valence-electron chi connectivity index (χ3n) is 7.23. The van der Waals surface area contributed by atoms with Crippen LogP contribution in [0.5, 0.6) is 0 Å². The Bertz CT molecular complexity index is 757. The zero-order valence-electron chi connectivity index (χ0n) is 18.6. The minimum absolute atomic E-state index is 0.178. The van der Waals surface area contributed by atoms with Crippen molar-refractivity contribution >= 4 is 31.8 Å². The van der Waals surface area contributed by atoms with Crippen LogP contribution in [0.3, 0.4) is 0 Å². The van der Waals surface area contributed by atoms with E-state index in [0.29, 0.717) is 29.9 Å². The van der Waals surface area contributed by atoms with Crippen molar-refractivity contribution in [2.24, 2.45) is 11.8 Å². The zero-order chi connectivity index (χ0) is 20.8. The van der Waals surface area contributed by atoms with Crippen molar-refractivity contribution in [3.63, 3.8) is 0 Å². The van der Waals surface area contributed by atoms with E-state index in [1.165, 1.54) is 49.6 Å². The summed E-state index contributed by atoms with van der Waals surface area (Å²) in [5.41, 5.74) is 4.34. The predicted molar refractivity (Wildman–Crippen MR) is 131 cm³/mol. The van der Waals surface area contributed by atoms with Crippen molar-refractivity contribution in [3.8, 4) is 12.3 Å². The molecule has 29 heavy (non-hydrogen) atoms. The molecule has 0 spiro atoms. The second-order valence-corrected chi connectivity index (χ2v) is 9.23. The molecular weight excluding hydrogens is 349 g/mol. The van der Waals surface area contributed by atoms with Crippen LogP contribution in [-0.4, -0.2) is 31.8 Å². The SMILES string of the molecule is C#C/C=C\C(=C/C)C1CCB(C(=O)C2=C(C3CC3)B(C(CCC)CCC)B=C2)C1. The fourth-order valence-electron chi connectivity index (χ4n) is 5.70. The average Bonchev–Trinajstić information content (AvgIpc) is 3.27. The fraction of sp³-hybridized carbons (Fsp3) is 0.600. The summed E-state index contributed by atoms with van der Waals surface area (Å²) in [5, 5.41) is 0. The van der Waals surface area contributed by atoms with E-state index in [2.05, 4.69) is 51.6 Å². The third kappa shape index (κ3) is 5.17. The summed E-state index contributed by atoms with van der Waals surface area (Å²) in [6.45, 7) is 9.74. The predicted octanol–water partition coefficient (Wildman–Crippen LogP) is 5.47. The Balaban J connectivity index is 1.77. The first-order valence-corrected chi connectivity index (χ1v) is 11.9. The summed E-state index contributed by atoms with van der Waals surface area (Å²) >= 11 is 0. The van der Waals surface area contributed by atoms with E-state index in [-0.39, 0.29) is 6.71 Å². The molecule has 2 aliphatic heterocycles. The Morgan fingerprint density at radius 2 is 2.03 bits per heavy atom. The molecular formula is C25H35B3O. The molecule has 1 unspecified atom stereocenters. The molecule has 1 nitrogen and oxygen atoms in total. The third-order valence-corrected chi connectivity index (χ3v) is 7.23. The van der Waals surface area contributed by atoms with Crippen LogP contribution < -0.4 is 0 Å². The van der Waals surface area contributed by atoms with E-state index in [9.17, 15) is 4.79 Å². The van der Waals surface area contributed by atoms with Gasteiger partial charge < -0.3 is 0 Å². The maximum absolute atomic E-state index is 13.6. The molecule has 0 amide bonds. The molecule has 1 aliphatic carbocycles. The normalized spacial score (nSPS) is 22.2. The van der Waals surface area contributed by atoms with Gasteiger partial charge in [-0.3, -0.25) is 0 Å². The average molecular weight is 384 g/mol. The Labute approximate surface area is 179 Å². The van der Waals surface area contributed by atoms with Gasteiger partial charge in [0.25, 0.3) is 0 Å². The molecule has 3 rings (SSSR count). The number of rotatable bonds is 10. The van der Waals surface area contributed by atoms with Crippen molar-refractivity contribution in [1.82, 2.24) is 0 Å². The number of carbonyl (C=O) groups is 1. The summed E-state index contributed by atoms with van der Waals surface area (Å²) in [7, 11) is 0. The molecule has 1 saturated heterocycles. The summed E-state index contributed by atoms with van der Waals surface area (Å²) < 4.78 is 0. The van der Waals surface area contributed by atoms with Crippen LogP contribution in [-0.2, 0) is 4.79 Å². The van der Waals surface area contributed by atoms with Gasteiger partial charge in [-0.15, -0.1) is 0 Å². The van der Waals surface area contributed by atoms with Gasteiger partial charge in [0.15, 0.2) is 0 Å². The zero-order valence-corrected chi connectivity index (χ0v) is 18.6. The van der Waals surface area contributed by atoms with Crippen molar-refractivity contribution in [3.05, 3.63) is 34.8 Å². The van der Waals surface area contributed by atoms with Gasteiger partial charge in [0.1, 0.15) is 0 Å². The molecule has 1 saturated carbocycles. The molecule has 0 N–H and O–H groups in total. The summed E-state index contributed by atoms with van der Waals surface area (Å²) in [6, 6.07) is 0. The van der Waals surface area contributed by atoms with E-state index in [1.54, 1.807) is 6.08 Å². The molecule has 0 aromatic rings. The summed E-state index contributed by atoms with van der Waals surface area (Å²) in [5.74, 6) is 6.65. The van der Waals surface area contributed by atoms with E-state index in [4.69, 9.17) is 6.42 Å². The van der Waals surface area contributed by atoms with Gasteiger partial charge in [0.05, 0.1) is 0 Å². The van der Waals surface area contributed by atoms with Crippen LogP contribution in [0.1, 0.15) is 65.7 Å². The van der Waals surface area contributed by atoms with E-state index < -0.39 is 0 Å². The number of carbonyl (C=O) groups excluding carboxylic acids is 1. The van der Waals surface area contributed by atoms with E-state index in [1.807, 2.05) is 0 Å². The first kappa shape index (κ1) is 22.2. The first-order valence-electron chi connectivity index (χ1n) is 11.9. The maximum atomic E-state index is 13.6. The van der Waals surface area contributed by atoms with Crippen LogP contribution in [0, 0.1) is 24.2 Å². The molecule has 2 fully saturated rings. The standard InChI is InChI=1S/C25H35B3O/c1-5-9-12-19(8-4)21-15-16-27(18-21)25(29)23-17-26-28(24(23)20-13-14-20)22(10-6-2)11-7-3/h1,8-9,12,17,20-22H,6-7,10-11,13-16,18H2,2-4H3/b12-9-,19-8+. The molecule has 0 radical (unpaired) electrons. The van der Waals surface area contributed by atoms with Crippen LogP contribution >= 0.6 is 0 Å². The van der Waals surface area contributed by atoms with Gasteiger partial charge in [-0.2, -0.15) is 0 Å². The topological polar surface area (TPSA) is 17.1 Å². The van der Waals surface area contributed by atoms with Crippen LogP contribution in [0.15, 0.2) is 34.8 Å². The van der Waals surface area contributed by atoms with Gasteiger partial charge in [-0.05, 0) is 0 Å². The van der Waals surface area contributed by atoms with Gasteiger partial charge >= 0.3 is 180 Å². The minimum atomic E-state index is 0.178. The molecule has 150 valence electrons. The van der Waals surface area contributed by atoms with Crippen molar-refractivity contribution < 1.29 is 4.79 Å². The molecule has 4 heteroatoms. The first-order chi connectivity index (χ1) is 14.1. The van der Waals surface area contributed by atoms with Gasteiger partial charge in [0, 0.05) is 0 Å². The van der Waals surface area contributed by atoms with E-state index in [0.717, 1.165) is 24.6 Å². The van der Waals surface area contributed by atoms with Gasteiger partial charge in [0.2, 0.25) is 0 Å². The Hall–Kier alpha value is -1.49. The number of allylic oxidation sites excluding steroid dienone is 6. The fourth-order valence-corrected chi connectivity index (χ4v) is 5.70. The number of terminal acetylenes is 1. The molecule has 3 aliphatic rings. The Morgan fingerprint density at radius 3 is 2.62 bits per heavy atom. The molecule has 2 heterocycles. The van der Waals surface area contributed by atoms with Crippen LogP contribution in [0.25, 0.3) is 0 Å². The summed E-state index contributed by atoms with van der Waals surface area (Å²) in [6.07, 6.45) is 22.0. The molecule has 0 aromatic heterocycles. The van der Waals surface area contributed by atoms with Gasteiger partial charge in [-0.25, -0.2) is 0 Å². The number of hydrogen-bond acceptors (Lipinski definition) is 1. The Morgan fingerprint density at radius 1 is 1.31 bits per heavy atom. The van der Waals surface area contributed by atoms with E-state index >= 15 is 0 Å². The van der Waals surface area contributed by atoms with Crippen molar-refractivity contribution in [2.45, 2.75) is 84.2 Å². The van der Waals surface area contributed by atoms with Crippen molar-refractivity contribution in [1.29, 1.82) is 0 Å². The Kier molecular flexibility index (Phi) is 8.05. The second-order valence-electron chi connectivity index (χ2n) is 9.23. The summed E-state index contributed by atoms with van der Waals surface area (Å²) in [4.78, 5) is 13.6. The van der Waals surface area contributed by atoms with Crippen molar-refractivity contribution in [2.75, 3.05) is 0 Å². The monoisotopic (exact) mass is 384 g/mol. The quantitative estimate of drug-likeness (QED) is 0.277. The molecule has 0 aromatic carbocycles. The van der Waals surface area contributed by atoms with Crippen LogP contribution in [0.4, 0.5) is 0 Å². The second kappa shape index (κ2) is 10.5. The molecule has 1 atom stereocenters.